The number of pyridine rings is 2. The molecule has 0 aliphatic rings. The van der Waals surface area contributed by atoms with E-state index in [2.05, 4.69) is 30.3 Å². The predicted molar refractivity (Wildman–Crippen MR) is 153 cm³/mol. The summed E-state index contributed by atoms with van der Waals surface area (Å²) in [5, 5.41) is 14.8. The molecule has 3 amide bonds. The second kappa shape index (κ2) is 14.3. The van der Waals surface area contributed by atoms with E-state index in [1.54, 1.807) is 20.2 Å². The predicted octanol–water partition coefficient (Wildman–Crippen LogP) is 2.09. The number of allylic oxidation sites excluding steroid dienone is 1. The summed E-state index contributed by atoms with van der Waals surface area (Å²) >= 11 is 0. The first kappa shape index (κ1) is 31.9. The Bertz CT molecular complexity index is 1530. The number of aliphatic hydroxyl groups is 1. The fourth-order valence-corrected chi connectivity index (χ4v) is 4.14. The molecule has 13 nitrogen and oxygen atoms in total. The molecule has 0 aliphatic carbocycles. The number of aromatic amines is 1. The number of H-pyrrole nitrogens is 1. The zero-order valence-corrected chi connectivity index (χ0v) is 24.2. The first-order valence-electron chi connectivity index (χ1n) is 13.3. The molecule has 3 rings (SSSR count). The van der Waals surface area contributed by atoms with Gasteiger partial charge in [0.1, 0.15) is 23.1 Å². The van der Waals surface area contributed by atoms with E-state index in [-0.39, 0.29) is 53.9 Å². The molecule has 226 valence electrons. The summed E-state index contributed by atoms with van der Waals surface area (Å²) < 4.78 is 20.3. The minimum atomic E-state index is -1.09. The van der Waals surface area contributed by atoms with Gasteiger partial charge in [0, 0.05) is 19.8 Å². The lowest BCUT2D eigenvalue weighted by Gasteiger charge is -2.18. The molecule has 3 aromatic rings. The summed E-state index contributed by atoms with van der Waals surface area (Å²) in [7, 11) is 4.35. The fourth-order valence-electron chi connectivity index (χ4n) is 4.14. The number of nitrogens with zero attached hydrogens (tertiary/aromatic N) is 4. The lowest BCUT2D eigenvalue weighted by Crippen LogP contribution is -2.44. The van der Waals surface area contributed by atoms with Crippen LogP contribution < -0.4 is 16.2 Å². The monoisotopic (exact) mass is 585 g/mol. The third kappa shape index (κ3) is 8.00. The van der Waals surface area contributed by atoms with Gasteiger partial charge in [-0.25, -0.2) is 14.2 Å². The zero-order valence-electron chi connectivity index (χ0n) is 24.2. The molecule has 0 fully saturated rings. The lowest BCUT2D eigenvalue weighted by molar-refractivity contribution is -0.123. The summed E-state index contributed by atoms with van der Waals surface area (Å²) in [6.07, 6.45) is 4.16. The van der Waals surface area contributed by atoms with E-state index in [0.29, 0.717) is 17.6 Å². The van der Waals surface area contributed by atoms with Crippen molar-refractivity contribution in [3.05, 3.63) is 63.9 Å². The van der Waals surface area contributed by atoms with Crippen LogP contribution in [0.4, 0.5) is 14.9 Å². The van der Waals surface area contributed by atoms with Crippen LogP contribution in [0.15, 0.2) is 35.3 Å². The minimum Gasteiger partial charge on any atom is -0.453 e. The number of aromatic nitrogens is 4. The van der Waals surface area contributed by atoms with Crippen molar-refractivity contribution in [2.24, 2.45) is 5.92 Å². The van der Waals surface area contributed by atoms with Crippen LogP contribution in [0.25, 0.3) is 11.0 Å². The molecule has 1 atom stereocenters. The van der Waals surface area contributed by atoms with Gasteiger partial charge in [0.25, 0.3) is 5.56 Å². The van der Waals surface area contributed by atoms with E-state index in [9.17, 15) is 28.7 Å². The summed E-state index contributed by atoms with van der Waals surface area (Å²) in [5.41, 5.74) is 0.637. The number of rotatable bonds is 12. The van der Waals surface area contributed by atoms with Crippen molar-refractivity contribution < 1.29 is 28.6 Å². The number of alkyl carbamates (subject to hydrolysis) is 1. The van der Waals surface area contributed by atoms with Gasteiger partial charge in [0.15, 0.2) is 5.82 Å². The van der Waals surface area contributed by atoms with Gasteiger partial charge in [0.2, 0.25) is 11.8 Å². The van der Waals surface area contributed by atoms with Crippen molar-refractivity contribution in [2.75, 3.05) is 26.5 Å². The first-order chi connectivity index (χ1) is 19.9. The third-order valence-electron chi connectivity index (χ3n) is 6.31. The maximum absolute atomic E-state index is 14.5. The van der Waals surface area contributed by atoms with E-state index in [0.717, 1.165) is 13.3 Å². The Morgan fingerprint density at radius 1 is 1.26 bits per heavy atom. The number of hydrogen-bond donors (Lipinski definition) is 4. The maximum atomic E-state index is 14.5. The Hall–Kier alpha value is -4.59. The number of imidazole rings is 1. The number of nitrogens with one attached hydrogen (secondary N) is 3. The number of halogens is 1. The molecule has 0 spiro atoms. The average molecular weight is 586 g/mol. The first-order valence-corrected chi connectivity index (χ1v) is 13.3. The molecule has 3 aromatic heterocycles. The van der Waals surface area contributed by atoms with Crippen molar-refractivity contribution in [1.82, 2.24) is 29.7 Å². The number of likely N-dealkylation sites (N-methyl/N-ethyl adjacent to an activating group) is 1. The standard InChI is InChI=1S/C28H36FN7O6/c1-16(2)12-21-25-24(18(29)13-30-21)33-22(34-25)14-36-17(15-37)10-11-20(27(36)40)31-26(39)19(32-28(41)42-5)8-6-7-9-23(38)35(3)4/h7,9-11,13,16,19,37H,6,8,12,14-15H2,1-5H3,(H,31,39)(H,32,41)(H,33,34)/b9-7+/t19-/m0/s1. The van der Waals surface area contributed by atoms with Crippen LogP contribution in [-0.4, -0.2) is 74.7 Å². The molecule has 0 radical (unpaired) electrons. The molecule has 0 bridgehead atoms. The van der Waals surface area contributed by atoms with Crippen molar-refractivity contribution >= 4 is 34.6 Å². The van der Waals surface area contributed by atoms with Crippen molar-refractivity contribution in [3.8, 4) is 0 Å². The maximum Gasteiger partial charge on any atom is 0.407 e. The third-order valence-corrected chi connectivity index (χ3v) is 6.31. The van der Waals surface area contributed by atoms with Gasteiger partial charge >= 0.3 is 6.09 Å². The van der Waals surface area contributed by atoms with Crippen LogP contribution in [0, 0.1) is 11.7 Å². The van der Waals surface area contributed by atoms with Crippen molar-refractivity contribution in [1.29, 1.82) is 0 Å². The van der Waals surface area contributed by atoms with Gasteiger partial charge in [-0.05, 0) is 43.4 Å². The molecule has 0 saturated carbocycles. The largest absolute Gasteiger partial charge is 0.453 e. The smallest absolute Gasteiger partial charge is 0.407 e. The van der Waals surface area contributed by atoms with Crippen molar-refractivity contribution in [2.45, 2.75) is 52.3 Å². The Balaban J connectivity index is 1.87. The summed E-state index contributed by atoms with van der Waals surface area (Å²) in [4.78, 5) is 63.1. The van der Waals surface area contributed by atoms with Crippen LogP contribution in [0.5, 0.6) is 0 Å². The second-order valence-electron chi connectivity index (χ2n) is 10.2. The number of anilines is 1. The molecule has 0 aromatic carbocycles. The van der Waals surface area contributed by atoms with E-state index in [4.69, 9.17) is 0 Å². The molecule has 0 aliphatic heterocycles. The number of amides is 3. The number of methoxy groups -OCH3 is 1. The molecule has 0 unspecified atom stereocenters. The van der Waals surface area contributed by atoms with Gasteiger partial charge in [0.05, 0.1) is 37.7 Å². The highest BCUT2D eigenvalue weighted by Crippen LogP contribution is 2.21. The number of carbonyl (C=O) groups excluding carboxylic acids is 3. The Morgan fingerprint density at radius 2 is 2.00 bits per heavy atom. The summed E-state index contributed by atoms with van der Waals surface area (Å²) in [6.45, 7) is 3.38. The fraction of sp³-hybridized carbons (Fsp3) is 0.429. The molecular formula is C28H36FN7O6. The van der Waals surface area contributed by atoms with Gasteiger partial charge < -0.3 is 34.9 Å². The van der Waals surface area contributed by atoms with Crippen LogP contribution in [-0.2, 0) is 33.9 Å². The van der Waals surface area contributed by atoms with Crippen LogP contribution >= 0.6 is 0 Å². The van der Waals surface area contributed by atoms with Gasteiger partial charge in [-0.3, -0.25) is 19.4 Å². The normalized spacial score (nSPS) is 12.1. The molecule has 4 N–H and O–H groups in total. The quantitative estimate of drug-likeness (QED) is 0.234. The van der Waals surface area contributed by atoms with Crippen LogP contribution in [0.3, 0.4) is 0 Å². The number of fused-ring (bicyclic) bond motifs is 1. The van der Waals surface area contributed by atoms with Crippen LogP contribution in [0.1, 0.15) is 43.9 Å². The highest BCUT2D eigenvalue weighted by Gasteiger charge is 2.23. The number of aliphatic hydroxyl groups excluding tert-OH is 1. The topological polar surface area (TPSA) is 172 Å². The molecule has 14 heteroatoms. The Kier molecular flexibility index (Phi) is 10.9. The number of ether oxygens (including phenoxy) is 1. The molecular weight excluding hydrogens is 549 g/mol. The van der Waals surface area contributed by atoms with E-state index < -0.39 is 36.0 Å². The van der Waals surface area contributed by atoms with E-state index in [1.807, 2.05) is 13.8 Å². The van der Waals surface area contributed by atoms with Gasteiger partial charge in [-0.15, -0.1) is 0 Å². The van der Waals surface area contributed by atoms with E-state index >= 15 is 0 Å². The Labute approximate surface area is 241 Å². The van der Waals surface area contributed by atoms with Crippen LogP contribution in [0.2, 0.25) is 0 Å². The highest BCUT2D eigenvalue weighted by atomic mass is 19.1. The summed E-state index contributed by atoms with van der Waals surface area (Å²) in [6, 6.07) is 1.72. The van der Waals surface area contributed by atoms with Gasteiger partial charge in [-0.1, -0.05) is 19.9 Å². The SMILES string of the molecule is COC(=O)N[C@@H](CC/C=C/C(=O)N(C)C)C(=O)Nc1ccc(CO)n(Cc2nc3c(F)cnc(CC(C)C)c3[nH]2)c1=O. The Morgan fingerprint density at radius 3 is 2.64 bits per heavy atom. The highest BCUT2D eigenvalue weighted by molar-refractivity contribution is 5.96. The number of hydrogen-bond acceptors (Lipinski definition) is 8. The molecule has 0 saturated heterocycles. The van der Waals surface area contributed by atoms with Gasteiger partial charge in [-0.2, -0.15) is 0 Å². The second-order valence-corrected chi connectivity index (χ2v) is 10.2. The summed E-state index contributed by atoms with van der Waals surface area (Å²) in [5.74, 6) is -1.02. The molecule has 3 heterocycles. The molecule has 42 heavy (non-hydrogen) atoms. The minimum absolute atomic E-state index is 0.0942. The average Bonchev–Trinajstić information content (AvgIpc) is 3.38. The van der Waals surface area contributed by atoms with Crippen molar-refractivity contribution in [3.63, 3.8) is 0 Å². The lowest BCUT2D eigenvalue weighted by atomic mass is 10.1. The zero-order chi connectivity index (χ0) is 31.0. The van der Waals surface area contributed by atoms with E-state index in [1.165, 1.54) is 27.7 Å². The number of carbonyl (C=O) groups is 3.